The predicted octanol–water partition coefficient (Wildman–Crippen LogP) is 1.52. The molecule has 0 aliphatic carbocycles. The Morgan fingerprint density at radius 2 is 2.19 bits per heavy atom. The predicted molar refractivity (Wildman–Crippen MR) is 77.6 cm³/mol. The number of hydrogen-bond donors (Lipinski definition) is 0. The third-order valence-electron chi connectivity index (χ3n) is 3.04. The van der Waals surface area contributed by atoms with Crippen LogP contribution < -0.4 is 4.74 Å². The van der Waals surface area contributed by atoms with E-state index in [1.165, 1.54) is 4.90 Å². The normalized spacial score (nSPS) is 10.0. The molecule has 6 nitrogen and oxygen atoms in total. The lowest BCUT2D eigenvalue weighted by atomic mass is 10.1. The summed E-state index contributed by atoms with van der Waals surface area (Å²) in [5, 5.41) is 13.4. The minimum atomic E-state index is -0.0395. The van der Waals surface area contributed by atoms with E-state index in [1.807, 2.05) is 0 Å². The average molecular weight is 284 g/mol. The molecule has 21 heavy (non-hydrogen) atoms. The largest absolute Gasteiger partial charge is 0.496 e. The van der Waals surface area contributed by atoms with Gasteiger partial charge in [0.05, 0.1) is 24.4 Å². The minimum absolute atomic E-state index is 0.0395. The molecule has 108 valence electrons. The molecule has 0 N–H and O–H groups in total. The van der Waals surface area contributed by atoms with Gasteiger partial charge in [-0.15, -0.1) is 0 Å². The number of amides is 1. The quantitative estimate of drug-likeness (QED) is 0.853. The smallest absolute Gasteiger partial charge is 0.243 e. The number of nitrogens with zero attached hydrogens (tertiary/aromatic N) is 4. The fraction of sp³-hybridized carbons (Fsp3) is 0.267. The number of aromatic nitrogens is 2. The number of likely N-dealkylation sites (N-methyl/N-ethyl adjacent to an activating group) is 1. The summed E-state index contributed by atoms with van der Waals surface area (Å²) in [6.07, 6.45) is 1.73. The summed E-state index contributed by atoms with van der Waals surface area (Å²) >= 11 is 0. The van der Waals surface area contributed by atoms with Crippen molar-refractivity contribution in [1.82, 2.24) is 14.7 Å². The molecule has 0 aliphatic rings. The zero-order valence-electron chi connectivity index (χ0n) is 12.2. The van der Waals surface area contributed by atoms with Crippen molar-refractivity contribution >= 4 is 5.91 Å². The highest BCUT2D eigenvalue weighted by atomic mass is 16.5. The lowest BCUT2D eigenvalue weighted by molar-refractivity contribution is -0.129. The minimum Gasteiger partial charge on any atom is -0.496 e. The van der Waals surface area contributed by atoms with Crippen LogP contribution in [0.3, 0.4) is 0 Å². The lowest BCUT2D eigenvalue weighted by Crippen LogP contribution is -2.26. The Labute approximate surface area is 123 Å². The Bertz CT molecular complexity index is 698. The Morgan fingerprint density at radius 3 is 2.81 bits per heavy atom. The Balaban J connectivity index is 2.33. The van der Waals surface area contributed by atoms with Crippen LogP contribution in [0, 0.1) is 11.3 Å². The Kier molecular flexibility index (Phi) is 4.24. The summed E-state index contributed by atoms with van der Waals surface area (Å²) in [5.74, 6) is 0.598. The molecule has 0 atom stereocenters. The monoisotopic (exact) mass is 284 g/mol. The molecular weight excluding hydrogens is 268 g/mol. The first-order valence-electron chi connectivity index (χ1n) is 6.37. The van der Waals surface area contributed by atoms with Gasteiger partial charge in [-0.1, -0.05) is 0 Å². The second kappa shape index (κ2) is 6.09. The number of ether oxygens (including phenoxy) is 1. The summed E-state index contributed by atoms with van der Waals surface area (Å²) in [6.45, 7) is 0.174. The topological polar surface area (TPSA) is 71.2 Å². The van der Waals surface area contributed by atoms with Crippen LogP contribution in [0.4, 0.5) is 0 Å². The molecule has 2 aromatic rings. The van der Waals surface area contributed by atoms with Crippen LogP contribution in [0.2, 0.25) is 0 Å². The summed E-state index contributed by atoms with van der Waals surface area (Å²) in [7, 11) is 4.97. The Hall–Kier alpha value is -2.81. The van der Waals surface area contributed by atoms with E-state index in [-0.39, 0.29) is 12.5 Å². The first-order chi connectivity index (χ1) is 10.0. The van der Waals surface area contributed by atoms with Gasteiger partial charge in [0.2, 0.25) is 5.91 Å². The standard InChI is InChI=1S/C15H16N4O2/c1-18(2)15(20)10-19-7-6-13(17-19)12-8-11(9-16)4-5-14(12)21-3/h4-8H,10H2,1-3H3. The first kappa shape index (κ1) is 14.6. The molecule has 0 saturated heterocycles. The molecule has 0 spiro atoms. The highest BCUT2D eigenvalue weighted by Crippen LogP contribution is 2.29. The fourth-order valence-corrected chi connectivity index (χ4v) is 1.85. The van der Waals surface area contributed by atoms with Gasteiger partial charge in [0.15, 0.2) is 0 Å². The van der Waals surface area contributed by atoms with Crippen molar-refractivity contribution in [2.45, 2.75) is 6.54 Å². The number of carbonyl (C=O) groups is 1. The third-order valence-corrected chi connectivity index (χ3v) is 3.04. The van der Waals surface area contributed by atoms with Crippen LogP contribution in [0.1, 0.15) is 5.56 Å². The average Bonchev–Trinajstić information content (AvgIpc) is 2.94. The molecule has 0 fully saturated rings. The van der Waals surface area contributed by atoms with Gasteiger partial charge in [0.25, 0.3) is 0 Å². The van der Waals surface area contributed by atoms with Crippen molar-refractivity contribution in [3.05, 3.63) is 36.0 Å². The van der Waals surface area contributed by atoms with E-state index in [0.717, 1.165) is 5.56 Å². The molecule has 1 heterocycles. The number of hydrogen-bond acceptors (Lipinski definition) is 4. The van der Waals surface area contributed by atoms with Gasteiger partial charge < -0.3 is 9.64 Å². The number of benzene rings is 1. The molecule has 0 bridgehead atoms. The van der Waals surface area contributed by atoms with E-state index >= 15 is 0 Å². The molecule has 6 heteroatoms. The van der Waals surface area contributed by atoms with Gasteiger partial charge in [-0.05, 0) is 24.3 Å². The van der Waals surface area contributed by atoms with Gasteiger partial charge in [-0.2, -0.15) is 10.4 Å². The van der Waals surface area contributed by atoms with Gasteiger partial charge in [-0.25, -0.2) is 0 Å². The van der Waals surface area contributed by atoms with Crippen LogP contribution in [0.25, 0.3) is 11.3 Å². The lowest BCUT2D eigenvalue weighted by Gasteiger charge is -2.10. The maximum Gasteiger partial charge on any atom is 0.243 e. The van der Waals surface area contributed by atoms with E-state index in [1.54, 1.807) is 56.3 Å². The maximum atomic E-state index is 11.7. The van der Waals surface area contributed by atoms with Crippen molar-refractivity contribution < 1.29 is 9.53 Å². The van der Waals surface area contributed by atoms with Crippen LogP contribution in [-0.4, -0.2) is 41.8 Å². The van der Waals surface area contributed by atoms with Gasteiger partial charge in [-0.3, -0.25) is 9.48 Å². The Morgan fingerprint density at radius 1 is 1.43 bits per heavy atom. The zero-order valence-corrected chi connectivity index (χ0v) is 12.2. The number of rotatable bonds is 4. The molecule has 0 aliphatic heterocycles. The highest BCUT2D eigenvalue weighted by Gasteiger charge is 2.12. The van der Waals surface area contributed by atoms with Crippen molar-refractivity contribution in [2.75, 3.05) is 21.2 Å². The van der Waals surface area contributed by atoms with E-state index in [0.29, 0.717) is 17.0 Å². The van der Waals surface area contributed by atoms with Crippen LogP contribution in [0.5, 0.6) is 5.75 Å². The van der Waals surface area contributed by atoms with Crippen LogP contribution >= 0.6 is 0 Å². The number of methoxy groups -OCH3 is 1. The summed E-state index contributed by atoms with van der Waals surface area (Å²) in [4.78, 5) is 13.2. The van der Waals surface area contributed by atoms with E-state index in [9.17, 15) is 4.79 Å². The fourth-order valence-electron chi connectivity index (χ4n) is 1.85. The van der Waals surface area contributed by atoms with Gasteiger partial charge in [0, 0.05) is 25.9 Å². The van der Waals surface area contributed by atoms with Crippen LogP contribution in [-0.2, 0) is 11.3 Å². The van der Waals surface area contributed by atoms with Crippen molar-refractivity contribution in [3.8, 4) is 23.1 Å². The highest BCUT2D eigenvalue weighted by molar-refractivity contribution is 5.75. The second-order valence-corrected chi connectivity index (χ2v) is 4.71. The zero-order chi connectivity index (χ0) is 15.4. The number of nitriles is 1. The first-order valence-corrected chi connectivity index (χ1v) is 6.37. The molecule has 1 aromatic carbocycles. The van der Waals surface area contributed by atoms with E-state index < -0.39 is 0 Å². The van der Waals surface area contributed by atoms with Gasteiger partial charge >= 0.3 is 0 Å². The molecule has 0 radical (unpaired) electrons. The summed E-state index contributed by atoms with van der Waals surface area (Å²) < 4.78 is 6.86. The van der Waals surface area contributed by atoms with Crippen LogP contribution in [0.15, 0.2) is 30.5 Å². The van der Waals surface area contributed by atoms with E-state index in [4.69, 9.17) is 10.00 Å². The van der Waals surface area contributed by atoms with Gasteiger partial charge in [0.1, 0.15) is 12.3 Å². The third kappa shape index (κ3) is 3.20. The maximum absolute atomic E-state index is 11.7. The van der Waals surface area contributed by atoms with Crippen molar-refractivity contribution in [2.24, 2.45) is 0 Å². The van der Waals surface area contributed by atoms with Crippen molar-refractivity contribution in [3.63, 3.8) is 0 Å². The number of carbonyl (C=O) groups excluding carboxylic acids is 1. The summed E-state index contributed by atoms with van der Waals surface area (Å²) in [6, 6.07) is 9.03. The van der Waals surface area contributed by atoms with E-state index in [2.05, 4.69) is 11.2 Å². The molecule has 1 amide bonds. The molecule has 2 rings (SSSR count). The molecular formula is C15H16N4O2. The molecule has 1 aromatic heterocycles. The molecule has 0 unspecified atom stereocenters. The SMILES string of the molecule is COc1ccc(C#N)cc1-c1ccn(CC(=O)N(C)C)n1. The summed E-state index contributed by atoms with van der Waals surface area (Å²) in [5.41, 5.74) is 1.92. The van der Waals surface area contributed by atoms with Crippen molar-refractivity contribution in [1.29, 1.82) is 5.26 Å². The second-order valence-electron chi connectivity index (χ2n) is 4.71. The molecule has 0 saturated carbocycles.